The van der Waals surface area contributed by atoms with Crippen molar-refractivity contribution in [2.75, 3.05) is 39.4 Å². The molecule has 160 valence electrons. The molecule has 0 saturated carbocycles. The fourth-order valence-electron chi connectivity index (χ4n) is 3.98. The molecular formula is C22H34N4O3. The number of carbonyl (C=O) groups is 1. The molecule has 2 saturated heterocycles. The first kappa shape index (κ1) is 21.4. The molecule has 2 fully saturated rings. The van der Waals surface area contributed by atoms with Crippen molar-refractivity contribution < 1.29 is 14.3 Å². The zero-order valence-corrected chi connectivity index (χ0v) is 17.6. The molecule has 2 aliphatic rings. The Hall–Kier alpha value is -2.28. The highest BCUT2D eigenvalue weighted by molar-refractivity contribution is 5.80. The van der Waals surface area contributed by atoms with Crippen LogP contribution in [0.4, 0.5) is 4.79 Å². The van der Waals surface area contributed by atoms with Crippen LogP contribution in [0.5, 0.6) is 0 Å². The molecule has 7 nitrogen and oxygen atoms in total. The number of piperidine rings is 1. The molecule has 1 aromatic rings. The summed E-state index contributed by atoms with van der Waals surface area (Å²) in [7, 11) is 0. The van der Waals surface area contributed by atoms with Gasteiger partial charge in [-0.05, 0) is 38.7 Å². The monoisotopic (exact) mass is 402 g/mol. The highest BCUT2D eigenvalue weighted by atomic mass is 16.6. The van der Waals surface area contributed by atoms with Crippen LogP contribution in [-0.4, -0.2) is 62.4 Å². The Morgan fingerprint density at radius 2 is 1.97 bits per heavy atom. The maximum atomic E-state index is 11.9. The largest absolute Gasteiger partial charge is 0.450 e. The van der Waals surface area contributed by atoms with Gasteiger partial charge in [-0.2, -0.15) is 0 Å². The summed E-state index contributed by atoms with van der Waals surface area (Å²) in [4.78, 5) is 18.5. The third-order valence-electron chi connectivity index (χ3n) is 5.53. The molecule has 1 amide bonds. The Bertz CT molecular complexity index is 659. The van der Waals surface area contributed by atoms with Gasteiger partial charge in [-0.1, -0.05) is 30.3 Å². The van der Waals surface area contributed by atoms with Crippen LogP contribution in [0.25, 0.3) is 0 Å². The lowest BCUT2D eigenvalue weighted by molar-refractivity contribution is 0.0925. The van der Waals surface area contributed by atoms with Crippen LogP contribution in [0.15, 0.2) is 35.3 Å². The standard InChI is InChI=1S/C22H34N4O3/c1-3-23-21(25-19-10-13-26(14-11-19)22(27)28-4-2)24-16-18-12-15-29-20(18)17-8-6-5-7-9-17/h5-9,18-20H,3-4,10-16H2,1-2H3,(H2,23,24,25). The first-order valence-corrected chi connectivity index (χ1v) is 10.8. The van der Waals surface area contributed by atoms with Crippen LogP contribution in [0, 0.1) is 5.92 Å². The van der Waals surface area contributed by atoms with Gasteiger partial charge in [0.05, 0.1) is 12.7 Å². The summed E-state index contributed by atoms with van der Waals surface area (Å²) in [5, 5.41) is 6.90. The van der Waals surface area contributed by atoms with E-state index in [1.54, 1.807) is 4.90 Å². The molecule has 1 aromatic carbocycles. The van der Waals surface area contributed by atoms with Gasteiger partial charge in [0.25, 0.3) is 0 Å². The Kier molecular flexibility index (Phi) is 8.16. The first-order chi connectivity index (χ1) is 14.2. The minimum atomic E-state index is -0.209. The lowest BCUT2D eigenvalue weighted by Gasteiger charge is -2.32. The third kappa shape index (κ3) is 6.10. The number of aliphatic imine (C=N–C) groups is 1. The van der Waals surface area contributed by atoms with Gasteiger partial charge >= 0.3 is 6.09 Å². The Morgan fingerprint density at radius 1 is 1.21 bits per heavy atom. The predicted octanol–water partition coefficient (Wildman–Crippen LogP) is 2.94. The molecule has 29 heavy (non-hydrogen) atoms. The Morgan fingerprint density at radius 3 is 2.66 bits per heavy atom. The van der Waals surface area contributed by atoms with Crippen molar-refractivity contribution >= 4 is 12.1 Å². The van der Waals surface area contributed by atoms with E-state index in [1.807, 2.05) is 13.0 Å². The number of ether oxygens (including phenoxy) is 2. The van der Waals surface area contributed by atoms with E-state index in [9.17, 15) is 4.79 Å². The van der Waals surface area contributed by atoms with E-state index in [0.717, 1.165) is 44.9 Å². The topological polar surface area (TPSA) is 75.2 Å². The second kappa shape index (κ2) is 11.0. The summed E-state index contributed by atoms with van der Waals surface area (Å²) in [6.07, 6.45) is 2.72. The summed E-state index contributed by atoms with van der Waals surface area (Å²) in [6, 6.07) is 10.7. The maximum Gasteiger partial charge on any atom is 0.409 e. The van der Waals surface area contributed by atoms with Gasteiger partial charge in [-0.3, -0.25) is 4.99 Å². The van der Waals surface area contributed by atoms with E-state index in [1.165, 1.54) is 5.56 Å². The predicted molar refractivity (Wildman–Crippen MR) is 114 cm³/mol. The van der Waals surface area contributed by atoms with Crippen LogP contribution < -0.4 is 10.6 Å². The van der Waals surface area contributed by atoms with Gasteiger partial charge in [-0.25, -0.2) is 4.79 Å². The smallest absolute Gasteiger partial charge is 0.409 e. The Balaban J connectivity index is 1.53. The first-order valence-electron chi connectivity index (χ1n) is 10.8. The summed E-state index contributed by atoms with van der Waals surface area (Å²) in [5.41, 5.74) is 1.23. The molecule has 2 N–H and O–H groups in total. The number of amides is 1. The van der Waals surface area contributed by atoms with Crippen LogP contribution in [-0.2, 0) is 9.47 Å². The van der Waals surface area contributed by atoms with Crippen molar-refractivity contribution in [1.82, 2.24) is 15.5 Å². The third-order valence-corrected chi connectivity index (χ3v) is 5.53. The summed E-state index contributed by atoms with van der Waals surface area (Å²) in [6.45, 7) is 8.09. The summed E-state index contributed by atoms with van der Waals surface area (Å²) >= 11 is 0. The lowest BCUT2D eigenvalue weighted by Crippen LogP contribution is -2.50. The van der Waals surface area contributed by atoms with Crippen molar-refractivity contribution in [1.29, 1.82) is 0 Å². The van der Waals surface area contributed by atoms with Crippen LogP contribution >= 0.6 is 0 Å². The quantitative estimate of drug-likeness (QED) is 0.565. The molecule has 0 aromatic heterocycles. The van der Waals surface area contributed by atoms with Gasteiger partial charge in [-0.15, -0.1) is 0 Å². The normalized spacial score (nSPS) is 23.1. The highest BCUT2D eigenvalue weighted by Gasteiger charge is 2.29. The average molecular weight is 403 g/mol. The zero-order valence-electron chi connectivity index (χ0n) is 17.6. The van der Waals surface area contributed by atoms with Crippen molar-refractivity contribution in [2.24, 2.45) is 10.9 Å². The van der Waals surface area contributed by atoms with Gasteiger partial charge in [0.1, 0.15) is 0 Å². The summed E-state index contributed by atoms with van der Waals surface area (Å²) in [5.74, 6) is 1.24. The van der Waals surface area contributed by atoms with Gasteiger partial charge in [0.2, 0.25) is 0 Å². The molecule has 0 radical (unpaired) electrons. The molecule has 2 heterocycles. The number of hydrogen-bond donors (Lipinski definition) is 2. The number of rotatable bonds is 6. The van der Waals surface area contributed by atoms with Gasteiger partial charge in [0, 0.05) is 44.7 Å². The van der Waals surface area contributed by atoms with E-state index in [-0.39, 0.29) is 12.2 Å². The number of nitrogens with one attached hydrogen (secondary N) is 2. The van der Waals surface area contributed by atoms with Gasteiger partial charge < -0.3 is 25.0 Å². The Labute approximate surface area is 173 Å². The number of guanidine groups is 1. The molecule has 2 aliphatic heterocycles. The van der Waals surface area contributed by atoms with Crippen LogP contribution in [0.3, 0.4) is 0 Å². The minimum absolute atomic E-state index is 0.121. The number of nitrogens with zero attached hydrogens (tertiary/aromatic N) is 2. The molecule has 0 spiro atoms. The van der Waals surface area contributed by atoms with E-state index < -0.39 is 0 Å². The van der Waals surface area contributed by atoms with E-state index >= 15 is 0 Å². The van der Waals surface area contributed by atoms with Crippen LogP contribution in [0.2, 0.25) is 0 Å². The number of carbonyl (C=O) groups excluding carboxylic acids is 1. The molecule has 0 bridgehead atoms. The number of hydrogen-bond acceptors (Lipinski definition) is 4. The minimum Gasteiger partial charge on any atom is -0.450 e. The van der Waals surface area contributed by atoms with Crippen molar-refractivity contribution in [2.45, 2.75) is 45.3 Å². The van der Waals surface area contributed by atoms with Crippen molar-refractivity contribution in [3.63, 3.8) is 0 Å². The highest BCUT2D eigenvalue weighted by Crippen LogP contribution is 2.34. The number of likely N-dealkylation sites (tertiary alicyclic amines) is 1. The second-order valence-corrected chi connectivity index (χ2v) is 7.58. The van der Waals surface area contributed by atoms with E-state index in [2.05, 4.69) is 41.8 Å². The molecule has 2 unspecified atom stereocenters. The second-order valence-electron chi connectivity index (χ2n) is 7.58. The fourth-order valence-corrected chi connectivity index (χ4v) is 3.98. The SMILES string of the molecule is CCNC(=NCC1CCOC1c1ccccc1)NC1CCN(C(=O)OCC)CC1. The molecule has 0 aliphatic carbocycles. The molecule has 7 heteroatoms. The van der Waals surface area contributed by atoms with E-state index in [0.29, 0.717) is 31.7 Å². The average Bonchev–Trinajstić information content (AvgIpc) is 3.22. The summed E-state index contributed by atoms with van der Waals surface area (Å²) < 4.78 is 11.1. The lowest BCUT2D eigenvalue weighted by atomic mass is 9.95. The van der Waals surface area contributed by atoms with Crippen molar-refractivity contribution in [3.8, 4) is 0 Å². The zero-order chi connectivity index (χ0) is 20.5. The van der Waals surface area contributed by atoms with E-state index in [4.69, 9.17) is 14.5 Å². The maximum absolute atomic E-state index is 11.9. The molecule has 2 atom stereocenters. The number of benzene rings is 1. The fraction of sp³-hybridized carbons (Fsp3) is 0.636. The molecular weight excluding hydrogens is 368 g/mol. The van der Waals surface area contributed by atoms with Gasteiger partial charge in [0.15, 0.2) is 5.96 Å². The molecule has 3 rings (SSSR count). The van der Waals surface area contributed by atoms with Crippen molar-refractivity contribution in [3.05, 3.63) is 35.9 Å². The van der Waals surface area contributed by atoms with Crippen LogP contribution in [0.1, 0.15) is 44.8 Å².